The second-order valence-corrected chi connectivity index (χ2v) is 5.88. The van der Waals surface area contributed by atoms with Gasteiger partial charge >= 0.3 is 0 Å². The van der Waals surface area contributed by atoms with Crippen molar-refractivity contribution in [1.82, 2.24) is 4.90 Å². The van der Waals surface area contributed by atoms with Crippen molar-refractivity contribution in [2.75, 3.05) is 7.05 Å². The minimum Gasteiger partial charge on any atom is -0.337 e. The lowest BCUT2D eigenvalue weighted by Crippen LogP contribution is -2.25. The Bertz CT molecular complexity index is 700. The highest BCUT2D eigenvalue weighted by Crippen LogP contribution is 2.26. The number of thiophene rings is 1. The summed E-state index contributed by atoms with van der Waals surface area (Å²) in [7, 11) is 1.85. The summed E-state index contributed by atoms with van der Waals surface area (Å²) in [5, 5.41) is 1.13. The molecule has 1 heterocycles. The predicted octanol–water partition coefficient (Wildman–Crippen LogP) is 4.17. The zero-order valence-electron chi connectivity index (χ0n) is 11.2. The molecule has 3 aromatic rings. The summed E-state index contributed by atoms with van der Waals surface area (Å²) in [6.07, 6.45) is 0. The predicted molar refractivity (Wildman–Crippen MR) is 84.1 cm³/mol. The maximum Gasteiger partial charge on any atom is 0.264 e. The van der Waals surface area contributed by atoms with E-state index in [1.54, 1.807) is 16.2 Å². The van der Waals surface area contributed by atoms with Crippen LogP contribution in [0, 0.1) is 0 Å². The van der Waals surface area contributed by atoms with E-state index in [9.17, 15) is 4.79 Å². The molecule has 0 aliphatic rings. The monoisotopic (exact) mass is 281 g/mol. The minimum atomic E-state index is 0.0788. The highest BCUT2D eigenvalue weighted by atomic mass is 32.1. The Labute approximate surface area is 122 Å². The van der Waals surface area contributed by atoms with Gasteiger partial charge in [-0.1, -0.05) is 48.5 Å². The molecule has 0 aliphatic heterocycles. The lowest BCUT2D eigenvalue weighted by atomic mass is 10.2. The van der Waals surface area contributed by atoms with Gasteiger partial charge in [0.25, 0.3) is 5.91 Å². The first-order valence-corrected chi connectivity index (χ1v) is 7.33. The van der Waals surface area contributed by atoms with Gasteiger partial charge in [-0.2, -0.15) is 0 Å². The van der Waals surface area contributed by atoms with Crippen LogP contribution in [0.5, 0.6) is 0 Å². The van der Waals surface area contributed by atoms with E-state index in [4.69, 9.17) is 0 Å². The summed E-state index contributed by atoms with van der Waals surface area (Å²) in [5.41, 5.74) is 1.14. The molecule has 20 heavy (non-hydrogen) atoms. The molecule has 2 nitrogen and oxygen atoms in total. The second-order valence-electron chi connectivity index (χ2n) is 4.80. The van der Waals surface area contributed by atoms with E-state index in [-0.39, 0.29) is 5.91 Å². The SMILES string of the molecule is CN(Cc1ccccc1)C(=O)c1cc2ccccc2s1. The van der Waals surface area contributed by atoms with Gasteiger partial charge in [0.15, 0.2) is 0 Å². The lowest BCUT2D eigenvalue weighted by Gasteiger charge is -2.16. The summed E-state index contributed by atoms with van der Waals surface area (Å²) in [6, 6.07) is 20.1. The number of carbonyl (C=O) groups excluding carboxylic acids is 1. The van der Waals surface area contributed by atoms with Gasteiger partial charge in [-0.25, -0.2) is 0 Å². The molecule has 0 fully saturated rings. The Balaban J connectivity index is 1.81. The van der Waals surface area contributed by atoms with Crippen LogP contribution in [0.15, 0.2) is 60.7 Å². The van der Waals surface area contributed by atoms with Crippen molar-refractivity contribution in [3.8, 4) is 0 Å². The molecule has 0 saturated carbocycles. The van der Waals surface area contributed by atoms with Crippen molar-refractivity contribution in [3.05, 3.63) is 71.1 Å². The average molecular weight is 281 g/mol. The first kappa shape index (κ1) is 12.9. The summed E-state index contributed by atoms with van der Waals surface area (Å²) < 4.78 is 1.16. The molecule has 3 heteroatoms. The van der Waals surface area contributed by atoms with Gasteiger partial charge < -0.3 is 4.90 Å². The van der Waals surface area contributed by atoms with Gasteiger partial charge in [-0.15, -0.1) is 11.3 Å². The molecular formula is C17H15NOS. The van der Waals surface area contributed by atoms with Crippen LogP contribution in [-0.2, 0) is 6.54 Å². The first-order valence-electron chi connectivity index (χ1n) is 6.52. The molecule has 0 atom stereocenters. The van der Waals surface area contributed by atoms with E-state index >= 15 is 0 Å². The number of hydrogen-bond donors (Lipinski definition) is 0. The van der Waals surface area contributed by atoms with E-state index in [1.807, 2.05) is 67.7 Å². The van der Waals surface area contributed by atoms with Crippen LogP contribution in [0.1, 0.15) is 15.2 Å². The molecule has 0 bridgehead atoms. The highest BCUT2D eigenvalue weighted by Gasteiger charge is 2.14. The number of hydrogen-bond acceptors (Lipinski definition) is 2. The van der Waals surface area contributed by atoms with Crippen LogP contribution in [0.2, 0.25) is 0 Å². The van der Waals surface area contributed by atoms with E-state index in [1.165, 1.54) is 0 Å². The number of amides is 1. The Morgan fingerprint density at radius 1 is 1.05 bits per heavy atom. The van der Waals surface area contributed by atoms with Gasteiger partial charge in [0.2, 0.25) is 0 Å². The van der Waals surface area contributed by atoms with Crippen molar-refractivity contribution in [2.45, 2.75) is 6.54 Å². The molecule has 0 N–H and O–H groups in total. The van der Waals surface area contributed by atoms with Crippen LogP contribution in [0.3, 0.4) is 0 Å². The van der Waals surface area contributed by atoms with Crippen molar-refractivity contribution in [1.29, 1.82) is 0 Å². The third-order valence-corrected chi connectivity index (χ3v) is 4.35. The topological polar surface area (TPSA) is 20.3 Å². The highest BCUT2D eigenvalue weighted by molar-refractivity contribution is 7.20. The Hall–Kier alpha value is -2.13. The Morgan fingerprint density at radius 3 is 2.50 bits per heavy atom. The van der Waals surface area contributed by atoms with Crippen LogP contribution in [-0.4, -0.2) is 17.9 Å². The van der Waals surface area contributed by atoms with E-state index in [2.05, 4.69) is 0 Å². The number of benzene rings is 2. The minimum absolute atomic E-state index is 0.0788. The molecule has 1 amide bonds. The molecule has 0 radical (unpaired) electrons. The average Bonchev–Trinajstić information content (AvgIpc) is 2.91. The number of nitrogens with zero attached hydrogens (tertiary/aromatic N) is 1. The quantitative estimate of drug-likeness (QED) is 0.705. The molecule has 3 rings (SSSR count). The van der Waals surface area contributed by atoms with Gasteiger partial charge in [0, 0.05) is 18.3 Å². The number of carbonyl (C=O) groups is 1. The molecular weight excluding hydrogens is 266 g/mol. The fraction of sp³-hybridized carbons (Fsp3) is 0.118. The van der Waals surface area contributed by atoms with Crippen molar-refractivity contribution in [2.24, 2.45) is 0 Å². The normalized spacial score (nSPS) is 10.7. The lowest BCUT2D eigenvalue weighted by molar-refractivity contribution is 0.0790. The van der Waals surface area contributed by atoms with Crippen LogP contribution in [0.4, 0.5) is 0 Å². The van der Waals surface area contributed by atoms with Gasteiger partial charge in [-0.05, 0) is 23.1 Å². The van der Waals surface area contributed by atoms with Crippen molar-refractivity contribution >= 4 is 27.3 Å². The third-order valence-electron chi connectivity index (χ3n) is 3.25. The summed E-state index contributed by atoms with van der Waals surface area (Å²) >= 11 is 1.55. The number of fused-ring (bicyclic) bond motifs is 1. The first-order chi connectivity index (χ1) is 9.74. The molecule has 0 aliphatic carbocycles. The second kappa shape index (κ2) is 5.47. The van der Waals surface area contributed by atoms with Crippen LogP contribution >= 0.6 is 11.3 Å². The molecule has 2 aromatic carbocycles. The summed E-state index contributed by atoms with van der Waals surface area (Å²) in [6.45, 7) is 0.633. The van der Waals surface area contributed by atoms with Crippen molar-refractivity contribution in [3.63, 3.8) is 0 Å². The third kappa shape index (κ3) is 2.58. The van der Waals surface area contributed by atoms with Crippen LogP contribution in [0.25, 0.3) is 10.1 Å². The number of rotatable bonds is 3. The van der Waals surface area contributed by atoms with E-state index < -0.39 is 0 Å². The van der Waals surface area contributed by atoms with E-state index in [0.717, 1.165) is 20.5 Å². The molecule has 0 spiro atoms. The molecule has 1 aromatic heterocycles. The summed E-state index contributed by atoms with van der Waals surface area (Å²) in [4.78, 5) is 15.0. The summed E-state index contributed by atoms with van der Waals surface area (Å²) in [5.74, 6) is 0.0788. The van der Waals surface area contributed by atoms with Crippen molar-refractivity contribution < 1.29 is 4.79 Å². The zero-order valence-corrected chi connectivity index (χ0v) is 12.1. The molecule has 0 unspecified atom stereocenters. The zero-order chi connectivity index (χ0) is 13.9. The van der Waals surface area contributed by atoms with Gasteiger partial charge in [-0.3, -0.25) is 4.79 Å². The molecule has 0 saturated heterocycles. The fourth-order valence-corrected chi connectivity index (χ4v) is 3.26. The Morgan fingerprint density at radius 2 is 1.75 bits per heavy atom. The van der Waals surface area contributed by atoms with E-state index in [0.29, 0.717) is 6.54 Å². The maximum atomic E-state index is 12.5. The standard InChI is InChI=1S/C17H15NOS/c1-18(12-13-7-3-2-4-8-13)17(19)16-11-14-9-5-6-10-15(14)20-16/h2-11H,12H2,1H3. The Kier molecular flexibility index (Phi) is 3.52. The van der Waals surface area contributed by atoms with Crippen LogP contribution < -0.4 is 0 Å². The van der Waals surface area contributed by atoms with Gasteiger partial charge in [0.05, 0.1) is 4.88 Å². The maximum absolute atomic E-state index is 12.5. The smallest absolute Gasteiger partial charge is 0.264 e. The van der Waals surface area contributed by atoms with Gasteiger partial charge in [0.1, 0.15) is 0 Å². The largest absolute Gasteiger partial charge is 0.337 e. The fourth-order valence-electron chi connectivity index (χ4n) is 2.20. The molecule has 100 valence electrons.